The number of allylic oxidation sites excluding steroid dienone is 4. The molecule has 0 heterocycles. The van der Waals surface area contributed by atoms with E-state index >= 15 is 0 Å². The third-order valence-electron chi connectivity index (χ3n) is 2.58. The summed E-state index contributed by atoms with van der Waals surface area (Å²) in [4.78, 5) is 11.1. The molecule has 0 saturated heterocycles. The van der Waals surface area contributed by atoms with Crippen LogP contribution in [-0.2, 0) is 9.53 Å². The molecule has 0 aliphatic heterocycles. The Labute approximate surface area is 91.3 Å². The Morgan fingerprint density at radius 1 is 1.53 bits per heavy atom. The predicted octanol–water partition coefficient (Wildman–Crippen LogP) is 3.02. The summed E-state index contributed by atoms with van der Waals surface area (Å²) in [6, 6.07) is 0. The first-order chi connectivity index (χ1) is 7.03. The first kappa shape index (κ1) is 11.8. The Hall–Kier alpha value is -1.31. The molecule has 0 aromatic carbocycles. The van der Waals surface area contributed by atoms with Crippen molar-refractivity contribution in [2.45, 2.75) is 26.7 Å². The molecule has 2 nitrogen and oxygen atoms in total. The number of rotatable bonds is 4. The predicted molar refractivity (Wildman–Crippen MR) is 61.4 cm³/mol. The molecule has 0 bridgehead atoms. The van der Waals surface area contributed by atoms with Gasteiger partial charge in [-0.1, -0.05) is 37.8 Å². The molecular formula is C13H18O2. The molecule has 1 unspecified atom stereocenters. The molecule has 1 rings (SSSR count). The van der Waals surface area contributed by atoms with Crippen LogP contribution in [0.3, 0.4) is 0 Å². The van der Waals surface area contributed by atoms with E-state index in [1.165, 1.54) is 0 Å². The van der Waals surface area contributed by atoms with Gasteiger partial charge in [-0.2, -0.15) is 0 Å². The number of carbonyl (C=O) groups is 1. The molecule has 0 spiro atoms. The normalized spacial score (nSPS) is 23.9. The van der Waals surface area contributed by atoms with Gasteiger partial charge in [-0.15, -0.1) is 0 Å². The van der Waals surface area contributed by atoms with Gasteiger partial charge in [-0.05, 0) is 25.2 Å². The van der Waals surface area contributed by atoms with Gasteiger partial charge in [0.1, 0.15) is 0 Å². The van der Waals surface area contributed by atoms with Crippen LogP contribution in [-0.4, -0.2) is 12.6 Å². The third kappa shape index (κ3) is 3.74. The van der Waals surface area contributed by atoms with Crippen molar-refractivity contribution in [3.05, 3.63) is 36.5 Å². The standard InChI is InChI=1S/C13H18O2/c1-11(2)12(14)15-10-9-13(3)7-5-4-6-8-13/h4-7H,1,8-10H2,2-3H3. The van der Waals surface area contributed by atoms with Gasteiger partial charge in [0, 0.05) is 5.57 Å². The lowest BCUT2D eigenvalue weighted by molar-refractivity contribution is -0.139. The summed E-state index contributed by atoms with van der Waals surface area (Å²) in [5.41, 5.74) is 0.587. The van der Waals surface area contributed by atoms with Crippen molar-refractivity contribution >= 4 is 5.97 Å². The Bertz CT molecular complexity index is 312. The molecule has 0 fully saturated rings. The van der Waals surface area contributed by atoms with Crippen LogP contribution < -0.4 is 0 Å². The topological polar surface area (TPSA) is 26.3 Å². The molecule has 1 aliphatic carbocycles. The van der Waals surface area contributed by atoms with Gasteiger partial charge in [-0.3, -0.25) is 0 Å². The Balaban J connectivity index is 2.31. The molecule has 15 heavy (non-hydrogen) atoms. The minimum atomic E-state index is -0.297. The summed E-state index contributed by atoms with van der Waals surface area (Å²) in [7, 11) is 0. The second-order valence-corrected chi connectivity index (χ2v) is 4.31. The zero-order chi connectivity index (χ0) is 11.3. The van der Waals surface area contributed by atoms with Crippen molar-refractivity contribution in [1.82, 2.24) is 0 Å². The fraction of sp³-hybridized carbons (Fsp3) is 0.462. The lowest BCUT2D eigenvalue weighted by Crippen LogP contribution is -2.18. The van der Waals surface area contributed by atoms with Crippen molar-refractivity contribution in [3.63, 3.8) is 0 Å². The maximum Gasteiger partial charge on any atom is 0.333 e. The van der Waals surface area contributed by atoms with Crippen LogP contribution in [0.15, 0.2) is 36.5 Å². The zero-order valence-electron chi connectivity index (χ0n) is 9.45. The zero-order valence-corrected chi connectivity index (χ0v) is 9.45. The molecule has 0 aromatic heterocycles. The van der Waals surface area contributed by atoms with Gasteiger partial charge < -0.3 is 4.74 Å². The fourth-order valence-electron chi connectivity index (χ4n) is 1.46. The van der Waals surface area contributed by atoms with E-state index in [2.05, 4.69) is 25.7 Å². The summed E-state index contributed by atoms with van der Waals surface area (Å²) in [5, 5.41) is 0. The lowest BCUT2D eigenvalue weighted by Gasteiger charge is -2.25. The first-order valence-corrected chi connectivity index (χ1v) is 5.20. The number of carbonyl (C=O) groups excluding carboxylic acids is 1. The molecule has 0 saturated carbocycles. The molecule has 0 radical (unpaired) electrons. The summed E-state index contributed by atoms with van der Waals surface area (Å²) in [6.45, 7) is 7.83. The highest BCUT2D eigenvalue weighted by molar-refractivity contribution is 5.86. The molecule has 2 heteroatoms. The van der Waals surface area contributed by atoms with E-state index in [0.717, 1.165) is 12.8 Å². The number of hydrogen-bond donors (Lipinski definition) is 0. The third-order valence-corrected chi connectivity index (χ3v) is 2.58. The van der Waals surface area contributed by atoms with Gasteiger partial charge in [-0.25, -0.2) is 4.79 Å². The van der Waals surface area contributed by atoms with Crippen molar-refractivity contribution in [3.8, 4) is 0 Å². The SMILES string of the molecule is C=C(C)C(=O)OCCC1(C)C=CC=CC1. The average Bonchev–Trinajstić information content (AvgIpc) is 2.18. The number of esters is 1. The minimum Gasteiger partial charge on any atom is -0.462 e. The Morgan fingerprint density at radius 3 is 2.80 bits per heavy atom. The highest BCUT2D eigenvalue weighted by Crippen LogP contribution is 2.30. The smallest absolute Gasteiger partial charge is 0.333 e. The molecule has 1 aliphatic rings. The minimum absolute atomic E-state index is 0.129. The van der Waals surface area contributed by atoms with Gasteiger partial charge in [0.15, 0.2) is 0 Å². The summed E-state index contributed by atoms with van der Waals surface area (Å²) < 4.78 is 5.07. The molecule has 1 atom stereocenters. The van der Waals surface area contributed by atoms with Crippen LogP contribution in [0.2, 0.25) is 0 Å². The largest absolute Gasteiger partial charge is 0.462 e. The van der Waals surface area contributed by atoms with E-state index in [0.29, 0.717) is 12.2 Å². The van der Waals surface area contributed by atoms with Crippen molar-refractivity contribution in [1.29, 1.82) is 0 Å². The van der Waals surface area contributed by atoms with Gasteiger partial charge in [0.05, 0.1) is 6.61 Å². The maximum atomic E-state index is 11.1. The summed E-state index contributed by atoms with van der Waals surface area (Å²) in [6.07, 6.45) is 10.3. The summed E-state index contributed by atoms with van der Waals surface area (Å²) >= 11 is 0. The molecule has 82 valence electrons. The van der Waals surface area contributed by atoms with Crippen LogP contribution in [0, 0.1) is 5.41 Å². The van der Waals surface area contributed by atoms with Gasteiger partial charge >= 0.3 is 5.97 Å². The van der Waals surface area contributed by atoms with E-state index in [-0.39, 0.29) is 11.4 Å². The quantitative estimate of drug-likeness (QED) is 0.522. The molecule has 0 amide bonds. The number of ether oxygens (including phenoxy) is 1. The van der Waals surface area contributed by atoms with Gasteiger partial charge in [0.25, 0.3) is 0 Å². The average molecular weight is 206 g/mol. The van der Waals surface area contributed by atoms with Crippen LogP contribution in [0.1, 0.15) is 26.7 Å². The van der Waals surface area contributed by atoms with Crippen LogP contribution in [0.25, 0.3) is 0 Å². The second-order valence-electron chi connectivity index (χ2n) is 4.31. The maximum absolute atomic E-state index is 11.1. The van der Waals surface area contributed by atoms with Crippen LogP contribution in [0.5, 0.6) is 0 Å². The Morgan fingerprint density at radius 2 is 2.27 bits per heavy atom. The van der Waals surface area contributed by atoms with E-state index in [1.807, 2.05) is 12.2 Å². The second kappa shape index (κ2) is 4.96. The number of hydrogen-bond acceptors (Lipinski definition) is 2. The highest BCUT2D eigenvalue weighted by Gasteiger charge is 2.21. The van der Waals surface area contributed by atoms with Gasteiger partial charge in [0.2, 0.25) is 0 Å². The van der Waals surface area contributed by atoms with E-state index in [9.17, 15) is 4.79 Å². The van der Waals surface area contributed by atoms with Crippen molar-refractivity contribution in [2.24, 2.45) is 5.41 Å². The fourth-order valence-corrected chi connectivity index (χ4v) is 1.46. The highest BCUT2D eigenvalue weighted by atomic mass is 16.5. The molecular weight excluding hydrogens is 188 g/mol. The molecule has 0 N–H and O–H groups in total. The van der Waals surface area contributed by atoms with E-state index in [4.69, 9.17) is 4.74 Å². The monoisotopic (exact) mass is 206 g/mol. The van der Waals surface area contributed by atoms with E-state index in [1.54, 1.807) is 6.92 Å². The van der Waals surface area contributed by atoms with E-state index < -0.39 is 0 Å². The Kier molecular flexibility index (Phi) is 3.89. The van der Waals surface area contributed by atoms with Crippen LogP contribution in [0.4, 0.5) is 0 Å². The summed E-state index contributed by atoms with van der Waals surface area (Å²) in [5.74, 6) is -0.297. The van der Waals surface area contributed by atoms with Crippen molar-refractivity contribution < 1.29 is 9.53 Å². The van der Waals surface area contributed by atoms with Crippen LogP contribution >= 0.6 is 0 Å². The lowest BCUT2D eigenvalue weighted by atomic mass is 9.81. The first-order valence-electron chi connectivity index (χ1n) is 5.20. The molecule has 0 aromatic rings. The van der Waals surface area contributed by atoms with Crippen molar-refractivity contribution in [2.75, 3.05) is 6.61 Å².